The number of aryl methyl sites for hydroxylation is 1. The number of hydrogen-bond acceptors (Lipinski definition) is 4. The van der Waals surface area contributed by atoms with Crippen molar-refractivity contribution in [3.63, 3.8) is 0 Å². The Balaban J connectivity index is 2.72. The third-order valence-electron chi connectivity index (χ3n) is 1.25. The summed E-state index contributed by atoms with van der Waals surface area (Å²) < 4.78 is 0. The molecule has 5 heteroatoms. The van der Waals surface area contributed by atoms with Crippen LogP contribution in [0.5, 0.6) is 0 Å². The van der Waals surface area contributed by atoms with E-state index in [1.54, 1.807) is 6.92 Å². The SMILES string of the molecule is CCCNc1nc(C)nc(Cl)n1. The van der Waals surface area contributed by atoms with Crippen molar-refractivity contribution < 1.29 is 0 Å². The van der Waals surface area contributed by atoms with Gasteiger partial charge in [-0.3, -0.25) is 0 Å². The molecule has 0 aliphatic heterocycles. The van der Waals surface area contributed by atoms with Crippen molar-refractivity contribution in [2.75, 3.05) is 11.9 Å². The van der Waals surface area contributed by atoms with Gasteiger partial charge in [-0.25, -0.2) is 4.98 Å². The van der Waals surface area contributed by atoms with Crippen molar-refractivity contribution in [1.82, 2.24) is 15.0 Å². The van der Waals surface area contributed by atoms with Crippen LogP contribution < -0.4 is 5.32 Å². The lowest BCUT2D eigenvalue weighted by molar-refractivity contribution is 0.918. The largest absolute Gasteiger partial charge is 0.354 e. The molecule has 12 heavy (non-hydrogen) atoms. The Labute approximate surface area is 76.4 Å². The highest BCUT2D eigenvalue weighted by Gasteiger charge is 1.99. The predicted molar refractivity (Wildman–Crippen MR) is 48.4 cm³/mol. The molecule has 0 spiro atoms. The van der Waals surface area contributed by atoms with Gasteiger partial charge in [0, 0.05) is 6.54 Å². The summed E-state index contributed by atoms with van der Waals surface area (Å²) in [7, 11) is 0. The Bertz CT molecular complexity index is 243. The minimum absolute atomic E-state index is 0.237. The predicted octanol–water partition coefficient (Wildman–Crippen LogP) is 1.66. The molecule has 0 aliphatic carbocycles. The summed E-state index contributed by atoms with van der Waals surface area (Å²) in [5.74, 6) is 1.18. The quantitative estimate of drug-likeness (QED) is 0.780. The number of halogens is 1. The van der Waals surface area contributed by atoms with Crippen molar-refractivity contribution in [3.8, 4) is 0 Å². The first-order chi connectivity index (χ1) is 5.72. The average Bonchev–Trinajstić information content (AvgIpc) is 1.99. The van der Waals surface area contributed by atoms with Crippen LogP contribution in [-0.4, -0.2) is 21.5 Å². The molecule has 0 bridgehead atoms. The van der Waals surface area contributed by atoms with Crippen LogP contribution >= 0.6 is 11.6 Å². The fourth-order valence-corrected chi connectivity index (χ4v) is 0.967. The fourth-order valence-electron chi connectivity index (χ4n) is 0.765. The van der Waals surface area contributed by atoms with E-state index in [1.165, 1.54) is 0 Å². The highest BCUT2D eigenvalue weighted by molar-refractivity contribution is 6.28. The molecule has 4 nitrogen and oxygen atoms in total. The number of rotatable bonds is 3. The van der Waals surface area contributed by atoms with Gasteiger partial charge in [-0.2, -0.15) is 9.97 Å². The molecule has 1 heterocycles. The van der Waals surface area contributed by atoms with E-state index in [-0.39, 0.29) is 5.28 Å². The van der Waals surface area contributed by atoms with Crippen molar-refractivity contribution in [3.05, 3.63) is 11.1 Å². The monoisotopic (exact) mass is 186 g/mol. The molecule has 0 saturated heterocycles. The third kappa shape index (κ3) is 2.62. The second-order valence-corrected chi connectivity index (χ2v) is 2.74. The normalized spacial score (nSPS) is 9.92. The molecule has 1 rings (SSSR count). The van der Waals surface area contributed by atoms with Gasteiger partial charge in [0.1, 0.15) is 5.82 Å². The van der Waals surface area contributed by atoms with Crippen molar-refractivity contribution in [2.45, 2.75) is 20.3 Å². The van der Waals surface area contributed by atoms with Crippen LogP contribution in [0.4, 0.5) is 5.95 Å². The van der Waals surface area contributed by atoms with E-state index in [0.717, 1.165) is 13.0 Å². The van der Waals surface area contributed by atoms with Gasteiger partial charge in [0.25, 0.3) is 0 Å². The lowest BCUT2D eigenvalue weighted by Gasteiger charge is -2.02. The number of aromatic nitrogens is 3. The zero-order chi connectivity index (χ0) is 8.97. The minimum atomic E-state index is 0.237. The van der Waals surface area contributed by atoms with Crippen LogP contribution in [0.2, 0.25) is 5.28 Å². The zero-order valence-corrected chi connectivity index (χ0v) is 7.89. The van der Waals surface area contributed by atoms with Gasteiger partial charge in [-0.1, -0.05) is 6.92 Å². The smallest absolute Gasteiger partial charge is 0.227 e. The summed E-state index contributed by atoms with van der Waals surface area (Å²) in [6.45, 7) is 4.70. The Hall–Kier alpha value is -0.900. The topological polar surface area (TPSA) is 50.7 Å². The summed E-state index contributed by atoms with van der Waals surface area (Å²) >= 11 is 5.63. The van der Waals surface area contributed by atoms with E-state index < -0.39 is 0 Å². The summed E-state index contributed by atoms with van der Waals surface area (Å²) in [5, 5.41) is 3.27. The van der Waals surface area contributed by atoms with Gasteiger partial charge < -0.3 is 5.32 Å². The van der Waals surface area contributed by atoms with Crippen LogP contribution in [0.3, 0.4) is 0 Å². The molecule has 0 aliphatic rings. The van der Waals surface area contributed by atoms with Crippen LogP contribution in [0, 0.1) is 6.92 Å². The number of anilines is 1. The van der Waals surface area contributed by atoms with Gasteiger partial charge in [0.05, 0.1) is 0 Å². The van der Waals surface area contributed by atoms with Crippen LogP contribution in [0.1, 0.15) is 19.2 Å². The van der Waals surface area contributed by atoms with Crippen LogP contribution in [-0.2, 0) is 0 Å². The van der Waals surface area contributed by atoms with Crippen molar-refractivity contribution >= 4 is 17.5 Å². The maximum Gasteiger partial charge on any atom is 0.227 e. The Morgan fingerprint density at radius 2 is 2.08 bits per heavy atom. The number of hydrogen-bond donors (Lipinski definition) is 1. The molecule has 0 aromatic carbocycles. The molecule has 0 saturated carbocycles. The lowest BCUT2D eigenvalue weighted by Crippen LogP contribution is -2.06. The Morgan fingerprint density at radius 3 is 2.67 bits per heavy atom. The lowest BCUT2D eigenvalue weighted by atomic mass is 10.5. The zero-order valence-electron chi connectivity index (χ0n) is 7.13. The first kappa shape index (κ1) is 9.19. The van der Waals surface area contributed by atoms with Crippen molar-refractivity contribution in [2.24, 2.45) is 0 Å². The summed E-state index contributed by atoms with van der Waals surface area (Å²) in [5.41, 5.74) is 0. The highest BCUT2D eigenvalue weighted by Crippen LogP contribution is 2.04. The van der Waals surface area contributed by atoms with Crippen molar-refractivity contribution in [1.29, 1.82) is 0 Å². The molecule has 1 aromatic rings. The van der Waals surface area contributed by atoms with Gasteiger partial charge in [0.15, 0.2) is 0 Å². The van der Waals surface area contributed by atoms with Gasteiger partial charge in [-0.15, -0.1) is 0 Å². The molecule has 0 radical (unpaired) electrons. The molecule has 0 atom stereocenters. The third-order valence-corrected chi connectivity index (χ3v) is 1.42. The Morgan fingerprint density at radius 1 is 1.33 bits per heavy atom. The number of nitrogens with one attached hydrogen (secondary N) is 1. The molecule has 1 N–H and O–H groups in total. The molecule has 1 aromatic heterocycles. The average molecular weight is 187 g/mol. The maximum atomic E-state index is 5.63. The highest BCUT2D eigenvalue weighted by atomic mass is 35.5. The standard InChI is InChI=1S/C7H11ClN4/c1-3-4-9-7-11-5(2)10-6(8)12-7/h3-4H2,1-2H3,(H,9,10,11,12). The van der Waals surface area contributed by atoms with E-state index in [9.17, 15) is 0 Å². The number of nitrogens with zero attached hydrogens (tertiary/aromatic N) is 3. The second-order valence-electron chi connectivity index (χ2n) is 2.40. The van der Waals surface area contributed by atoms with E-state index in [2.05, 4.69) is 27.2 Å². The maximum absolute atomic E-state index is 5.63. The summed E-state index contributed by atoms with van der Waals surface area (Å²) in [6.07, 6.45) is 1.03. The van der Waals surface area contributed by atoms with Gasteiger partial charge in [-0.05, 0) is 24.9 Å². The molecular formula is C7H11ClN4. The van der Waals surface area contributed by atoms with E-state index >= 15 is 0 Å². The fraction of sp³-hybridized carbons (Fsp3) is 0.571. The van der Waals surface area contributed by atoms with Crippen LogP contribution in [0.25, 0.3) is 0 Å². The van der Waals surface area contributed by atoms with E-state index in [1.807, 2.05) is 0 Å². The molecular weight excluding hydrogens is 176 g/mol. The first-order valence-electron chi connectivity index (χ1n) is 3.84. The molecule has 0 amide bonds. The van der Waals surface area contributed by atoms with Gasteiger partial charge >= 0.3 is 0 Å². The van der Waals surface area contributed by atoms with Crippen LogP contribution in [0.15, 0.2) is 0 Å². The summed E-state index contributed by atoms with van der Waals surface area (Å²) in [6, 6.07) is 0. The van der Waals surface area contributed by atoms with Gasteiger partial charge in [0.2, 0.25) is 11.2 Å². The molecule has 0 fully saturated rings. The Kier molecular flexibility index (Phi) is 3.22. The van der Waals surface area contributed by atoms with E-state index in [4.69, 9.17) is 11.6 Å². The summed E-state index contributed by atoms with van der Waals surface area (Å²) in [4.78, 5) is 11.8. The van der Waals surface area contributed by atoms with E-state index in [0.29, 0.717) is 11.8 Å². The minimum Gasteiger partial charge on any atom is -0.354 e. The molecule has 0 unspecified atom stereocenters. The first-order valence-corrected chi connectivity index (χ1v) is 4.22. The molecule has 66 valence electrons. The second kappa shape index (κ2) is 4.21.